The van der Waals surface area contributed by atoms with E-state index in [1.807, 2.05) is 0 Å². The number of hydrogen-bond donors (Lipinski definition) is 2. The summed E-state index contributed by atoms with van der Waals surface area (Å²) in [6.07, 6.45) is -0.391. The fourth-order valence-corrected chi connectivity index (χ4v) is 3.50. The van der Waals surface area contributed by atoms with E-state index in [0.717, 1.165) is 25.1 Å². The number of benzene rings is 1. The maximum Gasteiger partial charge on any atom is 0.433 e. The number of carbonyl (C=O) groups excluding carboxylic acids is 2. The lowest BCUT2D eigenvalue weighted by atomic mass is 10.2. The van der Waals surface area contributed by atoms with Gasteiger partial charge in [0.05, 0.1) is 6.20 Å². The Morgan fingerprint density at radius 3 is 2.24 bits per heavy atom. The van der Waals surface area contributed by atoms with E-state index in [1.165, 1.54) is 4.68 Å². The van der Waals surface area contributed by atoms with Crippen molar-refractivity contribution in [3.63, 3.8) is 0 Å². The van der Waals surface area contributed by atoms with Gasteiger partial charge in [-0.15, -0.1) is 0 Å². The molecule has 0 spiro atoms. The normalized spacial score (nSPS) is 13.8. The third-order valence-corrected chi connectivity index (χ3v) is 5.37. The minimum Gasteiger partial charge on any atom is -0.322 e. The number of alkyl halides is 3. The predicted octanol–water partition coefficient (Wildman–Crippen LogP) is 3.86. The summed E-state index contributed by atoms with van der Waals surface area (Å²) in [6.45, 7) is 0. The number of aryl methyl sites for hydroxylation is 1. The summed E-state index contributed by atoms with van der Waals surface area (Å²) in [4.78, 5) is 29.3. The van der Waals surface area contributed by atoms with E-state index in [4.69, 9.17) is 0 Å². The van der Waals surface area contributed by atoms with E-state index in [2.05, 4.69) is 25.8 Å². The fourth-order valence-electron chi connectivity index (χ4n) is 3.50. The molecule has 0 bridgehead atoms. The number of halogens is 3. The number of rotatable bonds is 5. The van der Waals surface area contributed by atoms with Crippen molar-refractivity contribution in [1.29, 1.82) is 0 Å². The van der Waals surface area contributed by atoms with Crippen LogP contribution in [0.3, 0.4) is 0 Å². The molecule has 5 rings (SSSR count). The van der Waals surface area contributed by atoms with Gasteiger partial charge in [0, 0.05) is 36.2 Å². The molecule has 34 heavy (non-hydrogen) atoms. The number of amides is 2. The van der Waals surface area contributed by atoms with Crippen LogP contribution in [0.25, 0.3) is 5.65 Å². The van der Waals surface area contributed by atoms with Gasteiger partial charge in [0.2, 0.25) is 0 Å². The molecule has 0 unspecified atom stereocenters. The number of hydrogen-bond acceptors (Lipinski definition) is 5. The Morgan fingerprint density at radius 1 is 1.03 bits per heavy atom. The summed E-state index contributed by atoms with van der Waals surface area (Å²) in [5.74, 6) is -1.07. The molecule has 3 aromatic heterocycles. The van der Waals surface area contributed by atoms with Gasteiger partial charge in [-0.1, -0.05) is 0 Å². The van der Waals surface area contributed by atoms with Gasteiger partial charge in [-0.2, -0.15) is 23.4 Å². The van der Waals surface area contributed by atoms with E-state index in [1.54, 1.807) is 43.6 Å². The van der Waals surface area contributed by atoms with Gasteiger partial charge in [-0.3, -0.25) is 14.3 Å². The minimum atomic E-state index is -4.64. The number of anilines is 2. The molecule has 3 heterocycles. The highest BCUT2D eigenvalue weighted by atomic mass is 19.4. The van der Waals surface area contributed by atoms with Gasteiger partial charge >= 0.3 is 6.18 Å². The van der Waals surface area contributed by atoms with Crippen LogP contribution in [0.2, 0.25) is 0 Å². The molecule has 1 saturated carbocycles. The first kappa shape index (κ1) is 21.6. The lowest BCUT2D eigenvalue weighted by Gasteiger charge is -2.11. The molecule has 12 heteroatoms. The number of nitrogens with zero attached hydrogens (tertiary/aromatic N) is 5. The Kier molecular flexibility index (Phi) is 5.07. The molecule has 1 aromatic carbocycles. The Balaban J connectivity index is 1.35. The summed E-state index contributed by atoms with van der Waals surface area (Å²) in [7, 11) is 1.70. The third kappa shape index (κ3) is 4.21. The maximum absolute atomic E-state index is 13.6. The van der Waals surface area contributed by atoms with Gasteiger partial charge in [-0.05, 0) is 49.2 Å². The van der Waals surface area contributed by atoms with Crippen molar-refractivity contribution in [3.8, 4) is 0 Å². The topological polar surface area (TPSA) is 106 Å². The van der Waals surface area contributed by atoms with Crippen molar-refractivity contribution in [2.75, 3.05) is 10.6 Å². The smallest absolute Gasteiger partial charge is 0.322 e. The summed E-state index contributed by atoms with van der Waals surface area (Å²) in [5, 5.41) is 13.1. The molecule has 174 valence electrons. The van der Waals surface area contributed by atoms with Crippen LogP contribution < -0.4 is 10.6 Å². The SMILES string of the molecule is Cn1ccc(C(=O)Nc2ccc(NC(=O)c3cnn4c(C(F)(F)F)cc(C5CC5)nc34)cc2)n1. The first-order chi connectivity index (χ1) is 16.2. The largest absolute Gasteiger partial charge is 0.433 e. The monoisotopic (exact) mass is 469 g/mol. The fraction of sp³-hybridized carbons (Fsp3) is 0.227. The molecular formula is C22H18F3N7O2. The zero-order chi connectivity index (χ0) is 24.0. The van der Waals surface area contributed by atoms with E-state index >= 15 is 0 Å². The van der Waals surface area contributed by atoms with E-state index in [9.17, 15) is 22.8 Å². The van der Waals surface area contributed by atoms with Crippen LogP contribution >= 0.6 is 0 Å². The Hall–Kier alpha value is -4.22. The molecule has 2 N–H and O–H groups in total. The lowest BCUT2D eigenvalue weighted by Crippen LogP contribution is -2.16. The van der Waals surface area contributed by atoms with Crippen molar-refractivity contribution >= 4 is 28.8 Å². The molecule has 1 aliphatic rings. The molecular weight excluding hydrogens is 451 g/mol. The van der Waals surface area contributed by atoms with Crippen molar-refractivity contribution in [2.24, 2.45) is 7.05 Å². The van der Waals surface area contributed by atoms with Crippen LogP contribution in [0.1, 0.15) is 51.0 Å². The third-order valence-electron chi connectivity index (χ3n) is 5.37. The van der Waals surface area contributed by atoms with E-state index in [-0.39, 0.29) is 28.7 Å². The van der Waals surface area contributed by atoms with E-state index in [0.29, 0.717) is 21.6 Å². The number of carbonyl (C=O) groups is 2. The van der Waals surface area contributed by atoms with E-state index < -0.39 is 17.8 Å². The second-order valence-electron chi connectivity index (χ2n) is 7.99. The summed E-state index contributed by atoms with van der Waals surface area (Å²) in [6, 6.07) is 8.85. The number of aromatic nitrogens is 5. The first-order valence-electron chi connectivity index (χ1n) is 10.4. The van der Waals surface area contributed by atoms with Crippen LogP contribution in [0.15, 0.2) is 48.8 Å². The highest BCUT2D eigenvalue weighted by molar-refractivity contribution is 6.08. The average Bonchev–Trinajstić information content (AvgIpc) is 3.40. The molecule has 0 aliphatic heterocycles. The summed E-state index contributed by atoms with van der Waals surface area (Å²) < 4.78 is 42.8. The number of fused-ring (bicyclic) bond motifs is 1. The van der Waals surface area contributed by atoms with Crippen LogP contribution in [0.5, 0.6) is 0 Å². The average molecular weight is 469 g/mol. The van der Waals surface area contributed by atoms with Crippen LogP contribution in [-0.2, 0) is 13.2 Å². The highest BCUT2D eigenvalue weighted by Gasteiger charge is 2.38. The molecule has 2 amide bonds. The van der Waals surface area contributed by atoms with Crippen LogP contribution in [0, 0.1) is 0 Å². The van der Waals surface area contributed by atoms with Gasteiger partial charge < -0.3 is 10.6 Å². The molecule has 9 nitrogen and oxygen atoms in total. The molecule has 4 aromatic rings. The van der Waals surface area contributed by atoms with Gasteiger partial charge in [0.15, 0.2) is 11.3 Å². The van der Waals surface area contributed by atoms with Crippen molar-refractivity contribution < 1.29 is 22.8 Å². The molecule has 1 aliphatic carbocycles. The Bertz CT molecular complexity index is 1400. The van der Waals surface area contributed by atoms with Gasteiger partial charge in [-0.25, -0.2) is 9.50 Å². The van der Waals surface area contributed by atoms with Gasteiger partial charge in [0.1, 0.15) is 11.3 Å². The standard InChI is InChI=1S/C22H18F3N7O2/c1-31-9-8-16(30-31)21(34)28-14-6-4-13(5-7-14)27-20(33)15-11-26-32-18(22(23,24)25)10-17(12-2-3-12)29-19(15)32/h4-12H,2-3H2,1H3,(H,27,33)(H,28,34). The lowest BCUT2D eigenvalue weighted by molar-refractivity contribution is -0.142. The van der Waals surface area contributed by atoms with Gasteiger partial charge in [0.25, 0.3) is 11.8 Å². The Morgan fingerprint density at radius 2 is 1.68 bits per heavy atom. The molecule has 0 atom stereocenters. The zero-order valence-electron chi connectivity index (χ0n) is 17.8. The predicted molar refractivity (Wildman–Crippen MR) is 116 cm³/mol. The van der Waals surface area contributed by atoms with Crippen LogP contribution in [-0.4, -0.2) is 36.2 Å². The summed E-state index contributed by atoms with van der Waals surface area (Å²) in [5.41, 5.74) is 0.247. The van der Waals surface area contributed by atoms with Crippen molar-refractivity contribution in [3.05, 3.63) is 71.4 Å². The van der Waals surface area contributed by atoms with Crippen molar-refractivity contribution in [1.82, 2.24) is 24.4 Å². The second-order valence-corrected chi connectivity index (χ2v) is 7.99. The highest BCUT2D eigenvalue weighted by Crippen LogP contribution is 2.41. The van der Waals surface area contributed by atoms with Crippen molar-refractivity contribution in [2.45, 2.75) is 24.9 Å². The zero-order valence-corrected chi connectivity index (χ0v) is 17.8. The Labute approximate surface area is 190 Å². The minimum absolute atomic E-state index is 0.0363. The maximum atomic E-state index is 13.6. The summed E-state index contributed by atoms with van der Waals surface area (Å²) >= 11 is 0. The molecule has 0 saturated heterocycles. The number of nitrogens with one attached hydrogen (secondary N) is 2. The molecule has 0 radical (unpaired) electrons. The second kappa shape index (κ2) is 7.97. The quantitative estimate of drug-likeness (QED) is 0.462. The van der Waals surface area contributed by atoms with Crippen LogP contribution in [0.4, 0.5) is 24.5 Å². The first-order valence-corrected chi connectivity index (χ1v) is 10.4. The molecule has 1 fully saturated rings.